The van der Waals surface area contributed by atoms with Crippen LogP contribution in [0.5, 0.6) is 11.5 Å². The quantitative estimate of drug-likeness (QED) is 0.549. The summed E-state index contributed by atoms with van der Waals surface area (Å²) < 4.78 is 16.9. The molecule has 1 aromatic heterocycles. The lowest BCUT2D eigenvalue weighted by molar-refractivity contribution is 0.198. The molecule has 0 atom stereocenters. The van der Waals surface area contributed by atoms with E-state index in [-0.39, 0.29) is 6.03 Å². The van der Waals surface area contributed by atoms with E-state index in [1.807, 2.05) is 54.3 Å². The van der Waals surface area contributed by atoms with Gasteiger partial charge in [-0.15, -0.1) is 0 Å². The molecule has 8 heteroatoms. The number of rotatable bonds is 7. The lowest BCUT2D eigenvalue weighted by Crippen LogP contribution is -2.43. The maximum Gasteiger partial charge on any atom is 0.317 e. The third-order valence-corrected chi connectivity index (χ3v) is 5.61. The Morgan fingerprint density at radius 3 is 2.73 bits per heavy atom. The van der Waals surface area contributed by atoms with Crippen LogP contribution in [0.15, 0.2) is 59.1 Å². The molecule has 174 valence electrons. The number of aryl methyl sites for hydroxylation is 1. The van der Waals surface area contributed by atoms with Crippen LogP contribution in [0.4, 0.5) is 10.5 Å². The molecule has 0 aliphatic carbocycles. The highest BCUT2D eigenvalue weighted by molar-refractivity contribution is 5.74. The van der Waals surface area contributed by atoms with Crippen LogP contribution in [0.25, 0.3) is 11.3 Å². The summed E-state index contributed by atoms with van der Waals surface area (Å²) in [7, 11) is 1.65. The lowest BCUT2D eigenvalue weighted by atomic mass is 10.1. The standard InChI is InChI=1S/C25H30N4O4/c1-19-27-18-24(33-19)22-10-9-20(17-23(22)31-2)28-12-6-13-29(15-14-28)25(30)26-11-16-32-21-7-4-3-5-8-21/h3-5,7-10,17-18H,6,11-16H2,1-2H3,(H,26,30). The minimum absolute atomic E-state index is 0.0536. The third-order valence-electron chi connectivity index (χ3n) is 5.61. The summed E-state index contributed by atoms with van der Waals surface area (Å²) in [6.07, 6.45) is 2.60. The van der Waals surface area contributed by atoms with Gasteiger partial charge in [-0.2, -0.15) is 0 Å². The summed E-state index contributed by atoms with van der Waals surface area (Å²) >= 11 is 0. The molecule has 2 heterocycles. The van der Waals surface area contributed by atoms with Crippen molar-refractivity contribution in [3.63, 3.8) is 0 Å². The number of aromatic nitrogens is 1. The van der Waals surface area contributed by atoms with E-state index < -0.39 is 0 Å². The number of benzene rings is 2. The fraction of sp³-hybridized carbons (Fsp3) is 0.360. The second-order valence-corrected chi connectivity index (χ2v) is 7.85. The van der Waals surface area contributed by atoms with E-state index in [4.69, 9.17) is 13.9 Å². The van der Waals surface area contributed by atoms with Gasteiger partial charge in [0.25, 0.3) is 0 Å². The number of ether oxygens (including phenoxy) is 2. The third kappa shape index (κ3) is 5.77. The summed E-state index contributed by atoms with van der Waals surface area (Å²) in [5.41, 5.74) is 1.93. The Labute approximate surface area is 194 Å². The number of methoxy groups -OCH3 is 1. The average molecular weight is 451 g/mol. The Morgan fingerprint density at radius 1 is 1.12 bits per heavy atom. The molecular weight excluding hydrogens is 420 g/mol. The van der Waals surface area contributed by atoms with Crippen LogP contribution in [0.2, 0.25) is 0 Å². The predicted octanol–water partition coefficient (Wildman–Crippen LogP) is 3.96. The molecule has 8 nitrogen and oxygen atoms in total. The van der Waals surface area contributed by atoms with Crippen molar-refractivity contribution in [2.75, 3.05) is 51.3 Å². The summed E-state index contributed by atoms with van der Waals surface area (Å²) in [4.78, 5) is 20.9. The molecule has 0 unspecified atom stereocenters. The fourth-order valence-corrected chi connectivity index (χ4v) is 3.90. The highest BCUT2D eigenvalue weighted by Gasteiger charge is 2.20. The Kier molecular flexibility index (Phi) is 7.34. The normalized spacial score (nSPS) is 14.0. The van der Waals surface area contributed by atoms with E-state index in [0.717, 1.165) is 42.3 Å². The van der Waals surface area contributed by atoms with Crippen molar-refractivity contribution in [2.45, 2.75) is 13.3 Å². The molecule has 1 aliphatic rings. The highest BCUT2D eigenvalue weighted by atomic mass is 16.5. The van der Waals surface area contributed by atoms with Gasteiger partial charge in [0.2, 0.25) is 0 Å². The second kappa shape index (κ2) is 10.8. The number of amides is 2. The molecule has 0 radical (unpaired) electrons. The maximum atomic E-state index is 12.6. The second-order valence-electron chi connectivity index (χ2n) is 7.85. The van der Waals surface area contributed by atoms with E-state index in [9.17, 15) is 4.79 Å². The Hall–Kier alpha value is -3.68. The largest absolute Gasteiger partial charge is 0.496 e. The number of nitrogens with one attached hydrogen (secondary N) is 1. The number of urea groups is 1. The number of hydrogen-bond acceptors (Lipinski definition) is 6. The summed E-state index contributed by atoms with van der Waals surface area (Å²) in [6.45, 7) is 5.70. The van der Waals surface area contributed by atoms with Crippen LogP contribution in [0.3, 0.4) is 0 Å². The molecule has 2 aromatic carbocycles. The molecule has 3 aromatic rings. The van der Waals surface area contributed by atoms with Gasteiger partial charge in [-0.1, -0.05) is 18.2 Å². The Bertz CT molecular complexity index is 1050. The molecule has 1 saturated heterocycles. The minimum Gasteiger partial charge on any atom is -0.496 e. The van der Waals surface area contributed by atoms with Crippen molar-refractivity contribution in [1.82, 2.24) is 15.2 Å². The van der Waals surface area contributed by atoms with Gasteiger partial charge in [0.15, 0.2) is 11.7 Å². The van der Waals surface area contributed by atoms with Crippen LogP contribution in [0.1, 0.15) is 12.3 Å². The van der Waals surface area contributed by atoms with Crippen molar-refractivity contribution in [3.05, 3.63) is 60.6 Å². The number of para-hydroxylation sites is 1. The van der Waals surface area contributed by atoms with Crippen molar-refractivity contribution in [3.8, 4) is 22.8 Å². The van der Waals surface area contributed by atoms with Gasteiger partial charge in [0.05, 0.1) is 25.4 Å². The number of carbonyl (C=O) groups is 1. The van der Waals surface area contributed by atoms with Gasteiger partial charge >= 0.3 is 6.03 Å². The molecule has 0 spiro atoms. The molecule has 1 N–H and O–H groups in total. The van der Waals surface area contributed by atoms with E-state index in [1.165, 1.54) is 0 Å². The predicted molar refractivity (Wildman–Crippen MR) is 127 cm³/mol. The van der Waals surface area contributed by atoms with Crippen molar-refractivity contribution < 1.29 is 18.7 Å². The van der Waals surface area contributed by atoms with Crippen LogP contribution in [0, 0.1) is 6.92 Å². The van der Waals surface area contributed by atoms with Crippen LogP contribution in [-0.2, 0) is 0 Å². The zero-order chi connectivity index (χ0) is 23.0. The van der Waals surface area contributed by atoms with Gasteiger partial charge in [0.1, 0.15) is 18.1 Å². The number of hydrogen-bond donors (Lipinski definition) is 1. The Morgan fingerprint density at radius 2 is 1.97 bits per heavy atom. The number of oxazole rings is 1. The lowest BCUT2D eigenvalue weighted by Gasteiger charge is -2.24. The SMILES string of the molecule is COc1cc(N2CCCN(C(=O)NCCOc3ccccc3)CC2)ccc1-c1cnc(C)o1. The summed E-state index contributed by atoms with van der Waals surface area (Å²) in [6, 6.07) is 15.6. The van der Waals surface area contributed by atoms with E-state index in [2.05, 4.69) is 21.3 Å². The van der Waals surface area contributed by atoms with Gasteiger partial charge in [0, 0.05) is 44.9 Å². The monoisotopic (exact) mass is 450 g/mol. The summed E-state index contributed by atoms with van der Waals surface area (Å²) in [5, 5.41) is 2.96. The van der Waals surface area contributed by atoms with Gasteiger partial charge in [-0.3, -0.25) is 0 Å². The van der Waals surface area contributed by atoms with Gasteiger partial charge in [-0.25, -0.2) is 9.78 Å². The first-order chi connectivity index (χ1) is 16.1. The number of carbonyl (C=O) groups excluding carboxylic acids is 1. The molecule has 33 heavy (non-hydrogen) atoms. The van der Waals surface area contributed by atoms with E-state index in [1.54, 1.807) is 13.3 Å². The van der Waals surface area contributed by atoms with Crippen molar-refractivity contribution in [2.24, 2.45) is 0 Å². The number of nitrogens with zero attached hydrogens (tertiary/aromatic N) is 3. The topological polar surface area (TPSA) is 80.1 Å². The number of anilines is 1. The van der Waals surface area contributed by atoms with Crippen molar-refractivity contribution in [1.29, 1.82) is 0 Å². The van der Waals surface area contributed by atoms with Crippen LogP contribution < -0.4 is 19.7 Å². The first-order valence-corrected chi connectivity index (χ1v) is 11.2. The molecule has 0 saturated carbocycles. The smallest absolute Gasteiger partial charge is 0.317 e. The first kappa shape index (κ1) is 22.5. The van der Waals surface area contributed by atoms with Crippen LogP contribution >= 0.6 is 0 Å². The zero-order valence-corrected chi connectivity index (χ0v) is 19.1. The van der Waals surface area contributed by atoms with E-state index >= 15 is 0 Å². The zero-order valence-electron chi connectivity index (χ0n) is 19.1. The minimum atomic E-state index is -0.0536. The Balaban J connectivity index is 1.30. The molecule has 1 fully saturated rings. The highest BCUT2D eigenvalue weighted by Crippen LogP contribution is 2.34. The maximum absolute atomic E-state index is 12.6. The molecule has 2 amide bonds. The van der Waals surface area contributed by atoms with E-state index in [0.29, 0.717) is 37.9 Å². The summed E-state index contributed by atoms with van der Waals surface area (Å²) in [5.74, 6) is 2.84. The van der Waals surface area contributed by atoms with Gasteiger partial charge < -0.3 is 29.0 Å². The van der Waals surface area contributed by atoms with Crippen LogP contribution in [-0.4, -0.2) is 62.4 Å². The molecule has 4 rings (SSSR count). The molecule has 1 aliphatic heterocycles. The molecular formula is C25H30N4O4. The first-order valence-electron chi connectivity index (χ1n) is 11.2. The fourth-order valence-electron chi connectivity index (χ4n) is 3.90. The van der Waals surface area contributed by atoms with Gasteiger partial charge in [-0.05, 0) is 30.7 Å². The average Bonchev–Trinajstić information content (AvgIpc) is 3.13. The molecule has 0 bridgehead atoms. The van der Waals surface area contributed by atoms with Crippen molar-refractivity contribution >= 4 is 11.7 Å².